The second-order valence-corrected chi connectivity index (χ2v) is 4.50. The SMILES string of the molecule is O=P(O)(O)CCOCOCc1cn[nH]n1. The van der Waals surface area contributed by atoms with Crippen LogP contribution < -0.4 is 0 Å². The normalized spacial score (nSPS) is 11.9. The number of H-pyrrole nitrogens is 1. The minimum atomic E-state index is -3.97. The second-order valence-electron chi connectivity index (χ2n) is 2.72. The number of aromatic nitrogens is 3. The van der Waals surface area contributed by atoms with Crippen LogP contribution in [0.15, 0.2) is 6.20 Å². The Morgan fingerprint density at radius 2 is 2.27 bits per heavy atom. The van der Waals surface area contributed by atoms with Gasteiger partial charge in [0.15, 0.2) is 0 Å². The van der Waals surface area contributed by atoms with Crippen molar-refractivity contribution in [2.75, 3.05) is 19.6 Å². The topological polar surface area (TPSA) is 118 Å². The molecule has 0 bridgehead atoms. The lowest BCUT2D eigenvalue weighted by molar-refractivity contribution is -0.0580. The van der Waals surface area contributed by atoms with Gasteiger partial charge in [0.1, 0.15) is 12.5 Å². The fraction of sp³-hybridized carbons (Fsp3) is 0.667. The Morgan fingerprint density at radius 3 is 2.87 bits per heavy atom. The zero-order valence-corrected chi connectivity index (χ0v) is 8.76. The van der Waals surface area contributed by atoms with Crippen molar-refractivity contribution < 1.29 is 23.8 Å². The van der Waals surface area contributed by atoms with Crippen LogP contribution in [-0.4, -0.2) is 44.8 Å². The first-order chi connectivity index (χ1) is 7.08. The molecule has 1 aromatic heterocycles. The van der Waals surface area contributed by atoms with Crippen LogP contribution in [0.25, 0.3) is 0 Å². The summed E-state index contributed by atoms with van der Waals surface area (Å²) in [6.45, 7) is 0.169. The van der Waals surface area contributed by atoms with Gasteiger partial charge >= 0.3 is 7.60 Å². The van der Waals surface area contributed by atoms with E-state index in [1.165, 1.54) is 6.20 Å². The molecule has 0 unspecified atom stereocenters. The summed E-state index contributed by atoms with van der Waals surface area (Å²) < 4.78 is 20.2. The number of ether oxygens (including phenoxy) is 2. The molecule has 8 nitrogen and oxygen atoms in total. The highest BCUT2D eigenvalue weighted by molar-refractivity contribution is 7.51. The number of nitrogens with zero attached hydrogens (tertiary/aromatic N) is 2. The summed E-state index contributed by atoms with van der Waals surface area (Å²) in [5.74, 6) is 0. The van der Waals surface area contributed by atoms with Crippen molar-refractivity contribution in [3.8, 4) is 0 Å². The Balaban J connectivity index is 1.96. The van der Waals surface area contributed by atoms with Crippen LogP contribution in [0.5, 0.6) is 0 Å². The molecule has 0 atom stereocenters. The predicted molar refractivity (Wildman–Crippen MR) is 48.9 cm³/mol. The van der Waals surface area contributed by atoms with Crippen molar-refractivity contribution in [1.29, 1.82) is 0 Å². The van der Waals surface area contributed by atoms with Crippen molar-refractivity contribution in [1.82, 2.24) is 15.4 Å². The van der Waals surface area contributed by atoms with Crippen molar-refractivity contribution >= 4 is 7.60 Å². The van der Waals surface area contributed by atoms with E-state index in [9.17, 15) is 4.57 Å². The quantitative estimate of drug-likeness (QED) is 0.331. The van der Waals surface area contributed by atoms with E-state index in [1.54, 1.807) is 0 Å². The summed E-state index contributed by atoms with van der Waals surface area (Å²) in [6.07, 6.45) is 1.20. The zero-order chi connectivity index (χ0) is 11.1. The molecule has 0 radical (unpaired) electrons. The van der Waals surface area contributed by atoms with Crippen LogP contribution in [0.3, 0.4) is 0 Å². The first kappa shape index (κ1) is 12.3. The Bertz CT molecular complexity index is 311. The average molecular weight is 237 g/mol. The molecule has 0 aliphatic carbocycles. The second kappa shape index (κ2) is 5.94. The van der Waals surface area contributed by atoms with Crippen molar-refractivity contribution in [2.45, 2.75) is 6.61 Å². The van der Waals surface area contributed by atoms with Gasteiger partial charge < -0.3 is 19.3 Å². The summed E-state index contributed by atoms with van der Waals surface area (Å²) >= 11 is 0. The first-order valence-corrected chi connectivity index (χ1v) is 5.92. The van der Waals surface area contributed by atoms with Crippen LogP contribution in [0.1, 0.15) is 5.69 Å². The van der Waals surface area contributed by atoms with Gasteiger partial charge in [-0.15, -0.1) is 0 Å². The Hall–Kier alpha value is -0.790. The van der Waals surface area contributed by atoms with E-state index in [0.717, 1.165) is 0 Å². The maximum atomic E-state index is 10.4. The summed E-state index contributed by atoms with van der Waals surface area (Å²) in [4.78, 5) is 17.0. The van der Waals surface area contributed by atoms with E-state index in [1.807, 2.05) is 0 Å². The van der Waals surface area contributed by atoms with Gasteiger partial charge in [0.2, 0.25) is 0 Å². The lowest BCUT2D eigenvalue weighted by Gasteiger charge is -2.05. The molecule has 9 heteroatoms. The van der Waals surface area contributed by atoms with Crippen LogP contribution in [0, 0.1) is 0 Å². The molecular weight excluding hydrogens is 225 g/mol. The number of hydrogen-bond acceptors (Lipinski definition) is 5. The highest BCUT2D eigenvalue weighted by Gasteiger charge is 2.11. The van der Waals surface area contributed by atoms with Crippen LogP contribution >= 0.6 is 7.60 Å². The molecule has 0 saturated heterocycles. The maximum absolute atomic E-state index is 10.4. The number of nitrogens with one attached hydrogen (secondary N) is 1. The minimum Gasteiger partial charge on any atom is -0.355 e. The molecule has 0 amide bonds. The molecule has 1 aromatic rings. The van der Waals surface area contributed by atoms with Crippen molar-refractivity contribution in [2.24, 2.45) is 0 Å². The summed E-state index contributed by atoms with van der Waals surface area (Å²) in [6, 6.07) is 0. The molecule has 0 fully saturated rings. The molecule has 1 heterocycles. The maximum Gasteiger partial charge on any atom is 0.327 e. The molecule has 0 aliphatic heterocycles. The number of aromatic amines is 1. The van der Waals surface area contributed by atoms with E-state index in [2.05, 4.69) is 15.4 Å². The van der Waals surface area contributed by atoms with Crippen molar-refractivity contribution in [3.05, 3.63) is 11.9 Å². The van der Waals surface area contributed by atoms with Gasteiger partial charge in [0.05, 0.1) is 25.6 Å². The Morgan fingerprint density at radius 1 is 1.47 bits per heavy atom. The van der Waals surface area contributed by atoms with Gasteiger partial charge in [-0.3, -0.25) is 4.57 Å². The van der Waals surface area contributed by atoms with Gasteiger partial charge in [-0.25, -0.2) is 0 Å². The molecular formula is C6H12N3O5P. The van der Waals surface area contributed by atoms with E-state index in [0.29, 0.717) is 5.69 Å². The lowest BCUT2D eigenvalue weighted by Crippen LogP contribution is -2.05. The Kier molecular flexibility index (Phi) is 4.86. The summed E-state index contributed by atoms with van der Waals surface area (Å²) in [7, 11) is -3.97. The molecule has 0 aromatic carbocycles. The summed E-state index contributed by atoms with van der Waals surface area (Å²) in [5.41, 5.74) is 0.633. The van der Waals surface area contributed by atoms with E-state index in [4.69, 9.17) is 19.3 Å². The smallest absolute Gasteiger partial charge is 0.327 e. The number of hydrogen-bond donors (Lipinski definition) is 3. The van der Waals surface area contributed by atoms with Gasteiger partial charge in [-0.2, -0.15) is 15.4 Å². The average Bonchev–Trinajstić information content (AvgIpc) is 2.61. The Labute approximate surface area is 85.8 Å². The summed E-state index contributed by atoms with van der Waals surface area (Å²) in [5, 5.41) is 9.72. The molecule has 3 N–H and O–H groups in total. The molecule has 0 saturated carbocycles. The monoisotopic (exact) mass is 237 g/mol. The van der Waals surface area contributed by atoms with Crippen LogP contribution in [-0.2, 0) is 20.6 Å². The van der Waals surface area contributed by atoms with Gasteiger partial charge in [-0.05, 0) is 0 Å². The first-order valence-electron chi connectivity index (χ1n) is 4.12. The van der Waals surface area contributed by atoms with E-state index in [-0.39, 0.29) is 26.2 Å². The highest BCUT2D eigenvalue weighted by Crippen LogP contribution is 2.33. The fourth-order valence-corrected chi connectivity index (χ4v) is 1.11. The van der Waals surface area contributed by atoms with Gasteiger partial charge in [0.25, 0.3) is 0 Å². The third-order valence-electron chi connectivity index (χ3n) is 1.41. The molecule has 0 spiro atoms. The molecule has 15 heavy (non-hydrogen) atoms. The van der Waals surface area contributed by atoms with Crippen LogP contribution in [0.2, 0.25) is 0 Å². The van der Waals surface area contributed by atoms with Gasteiger partial charge in [-0.1, -0.05) is 0 Å². The largest absolute Gasteiger partial charge is 0.355 e. The van der Waals surface area contributed by atoms with Gasteiger partial charge in [0, 0.05) is 0 Å². The van der Waals surface area contributed by atoms with Crippen LogP contribution in [0.4, 0.5) is 0 Å². The number of rotatable bonds is 7. The lowest BCUT2D eigenvalue weighted by atomic mass is 10.5. The molecule has 86 valence electrons. The zero-order valence-electron chi connectivity index (χ0n) is 7.87. The molecule has 1 rings (SSSR count). The minimum absolute atomic E-state index is 0.0349. The third kappa shape index (κ3) is 6.32. The van der Waals surface area contributed by atoms with E-state index < -0.39 is 7.60 Å². The van der Waals surface area contributed by atoms with E-state index >= 15 is 0 Å². The molecule has 0 aliphatic rings. The van der Waals surface area contributed by atoms with Crippen molar-refractivity contribution in [3.63, 3.8) is 0 Å². The standard InChI is InChI=1S/C6H12N3O5P/c10-15(11,12)2-1-13-5-14-4-6-3-7-9-8-6/h3H,1-2,4-5H2,(H,7,8,9)(H2,10,11,12). The predicted octanol–water partition coefficient (Wildman–Crippen LogP) is -0.527. The fourth-order valence-electron chi connectivity index (χ4n) is 0.742. The third-order valence-corrected chi connectivity index (χ3v) is 2.17. The highest BCUT2D eigenvalue weighted by atomic mass is 31.2.